The van der Waals surface area contributed by atoms with E-state index in [1.54, 1.807) is 13.0 Å². The second kappa shape index (κ2) is 5.67. The van der Waals surface area contributed by atoms with Gasteiger partial charge in [-0.2, -0.15) is 0 Å². The molecule has 106 valence electrons. The molecule has 0 aliphatic carbocycles. The van der Waals surface area contributed by atoms with Crippen LogP contribution in [0.5, 0.6) is 0 Å². The lowest BCUT2D eigenvalue weighted by atomic mass is 9.84. The van der Waals surface area contributed by atoms with Gasteiger partial charge >= 0.3 is 0 Å². The first-order valence-electron chi connectivity index (χ1n) is 6.37. The molecule has 1 N–H and O–H groups in total. The first kappa shape index (κ1) is 14.6. The standard InChI is InChI=1S/C16H15F3O/c1-2-16(20,13-5-3-4-6-15(13)19)10-11-9-12(17)7-8-14(11)18/h3-9,20H,2,10H2,1H3. The van der Waals surface area contributed by atoms with Crippen molar-refractivity contribution in [3.8, 4) is 0 Å². The summed E-state index contributed by atoms with van der Waals surface area (Å²) in [6, 6.07) is 8.83. The molecule has 0 saturated heterocycles. The first-order valence-corrected chi connectivity index (χ1v) is 6.37. The Morgan fingerprint density at radius 2 is 1.70 bits per heavy atom. The van der Waals surface area contributed by atoms with Gasteiger partial charge in [0.1, 0.15) is 17.5 Å². The van der Waals surface area contributed by atoms with E-state index in [2.05, 4.69) is 0 Å². The average Bonchev–Trinajstić information content (AvgIpc) is 2.43. The zero-order chi connectivity index (χ0) is 14.8. The van der Waals surface area contributed by atoms with Gasteiger partial charge in [0.15, 0.2) is 0 Å². The molecule has 0 heterocycles. The molecule has 0 amide bonds. The van der Waals surface area contributed by atoms with Crippen molar-refractivity contribution in [2.75, 3.05) is 0 Å². The third-order valence-corrected chi connectivity index (χ3v) is 3.45. The highest BCUT2D eigenvalue weighted by molar-refractivity contribution is 5.29. The van der Waals surface area contributed by atoms with Gasteiger partial charge in [-0.25, -0.2) is 13.2 Å². The lowest BCUT2D eigenvalue weighted by molar-refractivity contribution is 0.0283. The van der Waals surface area contributed by atoms with Crippen molar-refractivity contribution in [2.45, 2.75) is 25.4 Å². The smallest absolute Gasteiger partial charge is 0.129 e. The maximum absolute atomic E-state index is 13.8. The Hall–Kier alpha value is -1.81. The van der Waals surface area contributed by atoms with Gasteiger partial charge in [0.25, 0.3) is 0 Å². The van der Waals surface area contributed by atoms with Gasteiger partial charge in [-0.15, -0.1) is 0 Å². The minimum Gasteiger partial charge on any atom is -0.385 e. The van der Waals surface area contributed by atoms with E-state index in [-0.39, 0.29) is 24.0 Å². The number of hydrogen-bond donors (Lipinski definition) is 1. The highest BCUT2D eigenvalue weighted by Crippen LogP contribution is 2.31. The molecule has 20 heavy (non-hydrogen) atoms. The van der Waals surface area contributed by atoms with Crippen LogP contribution >= 0.6 is 0 Å². The Morgan fingerprint density at radius 3 is 2.35 bits per heavy atom. The van der Waals surface area contributed by atoms with E-state index in [0.717, 1.165) is 18.2 Å². The lowest BCUT2D eigenvalue weighted by Gasteiger charge is -2.28. The van der Waals surface area contributed by atoms with Gasteiger partial charge in [-0.1, -0.05) is 25.1 Å². The fourth-order valence-corrected chi connectivity index (χ4v) is 2.24. The topological polar surface area (TPSA) is 20.2 Å². The first-order chi connectivity index (χ1) is 9.46. The lowest BCUT2D eigenvalue weighted by Crippen LogP contribution is -2.29. The third-order valence-electron chi connectivity index (χ3n) is 3.45. The van der Waals surface area contributed by atoms with E-state index in [1.807, 2.05) is 0 Å². The van der Waals surface area contributed by atoms with Crippen molar-refractivity contribution in [3.63, 3.8) is 0 Å². The third kappa shape index (κ3) is 2.85. The van der Waals surface area contributed by atoms with Crippen molar-refractivity contribution in [1.82, 2.24) is 0 Å². The molecule has 4 heteroatoms. The van der Waals surface area contributed by atoms with E-state index in [1.165, 1.54) is 18.2 Å². The quantitative estimate of drug-likeness (QED) is 0.899. The summed E-state index contributed by atoms with van der Waals surface area (Å²) in [4.78, 5) is 0. The maximum Gasteiger partial charge on any atom is 0.129 e. The van der Waals surface area contributed by atoms with E-state index < -0.39 is 23.1 Å². The molecule has 0 aromatic heterocycles. The number of aliphatic hydroxyl groups is 1. The summed E-state index contributed by atoms with van der Waals surface area (Å²) >= 11 is 0. The molecule has 0 radical (unpaired) electrons. The van der Waals surface area contributed by atoms with Crippen LogP contribution in [0, 0.1) is 17.5 Å². The molecule has 0 aliphatic heterocycles. The highest BCUT2D eigenvalue weighted by atomic mass is 19.1. The molecule has 0 saturated carbocycles. The molecular weight excluding hydrogens is 265 g/mol. The summed E-state index contributed by atoms with van der Waals surface area (Å²) in [6.07, 6.45) is -0.00207. The Bertz CT molecular complexity index is 612. The van der Waals surface area contributed by atoms with Crippen molar-refractivity contribution < 1.29 is 18.3 Å². The van der Waals surface area contributed by atoms with Crippen molar-refractivity contribution in [3.05, 3.63) is 71.0 Å². The number of halogens is 3. The SMILES string of the molecule is CCC(O)(Cc1cc(F)ccc1F)c1ccccc1F. The second-order valence-electron chi connectivity index (χ2n) is 4.78. The van der Waals surface area contributed by atoms with Crippen LogP contribution in [0.15, 0.2) is 42.5 Å². The monoisotopic (exact) mass is 280 g/mol. The summed E-state index contributed by atoms with van der Waals surface area (Å²) < 4.78 is 40.7. The Balaban J connectivity index is 2.42. The van der Waals surface area contributed by atoms with E-state index in [0.29, 0.717) is 0 Å². The van der Waals surface area contributed by atoms with Gasteiger partial charge in [0.05, 0.1) is 5.60 Å². The molecule has 2 rings (SSSR count). The molecule has 1 atom stereocenters. The highest BCUT2D eigenvalue weighted by Gasteiger charge is 2.31. The predicted molar refractivity (Wildman–Crippen MR) is 70.6 cm³/mol. The zero-order valence-electron chi connectivity index (χ0n) is 11.0. The Kier molecular flexibility index (Phi) is 4.14. The summed E-state index contributed by atoms with van der Waals surface area (Å²) in [5.41, 5.74) is -1.45. The average molecular weight is 280 g/mol. The van der Waals surface area contributed by atoms with Crippen molar-refractivity contribution >= 4 is 0 Å². The van der Waals surface area contributed by atoms with Crippen molar-refractivity contribution in [1.29, 1.82) is 0 Å². The Labute approximate surface area is 115 Å². The van der Waals surface area contributed by atoms with Crippen LogP contribution in [0.3, 0.4) is 0 Å². The molecule has 0 aliphatic rings. The van der Waals surface area contributed by atoms with Crippen LogP contribution in [0.25, 0.3) is 0 Å². The minimum absolute atomic E-state index is 0.0256. The predicted octanol–water partition coefficient (Wildman–Crippen LogP) is 3.94. The summed E-state index contributed by atoms with van der Waals surface area (Å²) in [5, 5.41) is 10.6. The Morgan fingerprint density at radius 1 is 1.00 bits per heavy atom. The molecule has 1 unspecified atom stereocenters. The number of hydrogen-bond acceptors (Lipinski definition) is 1. The molecule has 0 spiro atoms. The van der Waals surface area contributed by atoms with Gasteiger partial charge in [0, 0.05) is 12.0 Å². The maximum atomic E-state index is 13.8. The van der Waals surface area contributed by atoms with E-state index in [9.17, 15) is 18.3 Å². The number of benzene rings is 2. The van der Waals surface area contributed by atoms with Gasteiger partial charge < -0.3 is 5.11 Å². The molecule has 2 aromatic rings. The minimum atomic E-state index is -1.57. The van der Waals surface area contributed by atoms with Crippen LogP contribution in [0.1, 0.15) is 24.5 Å². The molecule has 0 bridgehead atoms. The van der Waals surface area contributed by atoms with Crippen molar-refractivity contribution in [2.24, 2.45) is 0 Å². The van der Waals surface area contributed by atoms with E-state index >= 15 is 0 Å². The molecule has 2 aromatic carbocycles. The van der Waals surface area contributed by atoms with E-state index in [4.69, 9.17) is 0 Å². The van der Waals surface area contributed by atoms with Crippen LogP contribution < -0.4 is 0 Å². The summed E-state index contributed by atoms with van der Waals surface area (Å²) in [5.74, 6) is -1.77. The van der Waals surface area contributed by atoms with Gasteiger partial charge in [-0.05, 0) is 36.2 Å². The van der Waals surface area contributed by atoms with Crippen LogP contribution in [0.2, 0.25) is 0 Å². The van der Waals surface area contributed by atoms with Crippen LogP contribution in [-0.2, 0) is 12.0 Å². The molecule has 0 fully saturated rings. The summed E-state index contributed by atoms with van der Waals surface area (Å²) in [6.45, 7) is 1.67. The summed E-state index contributed by atoms with van der Waals surface area (Å²) in [7, 11) is 0. The largest absolute Gasteiger partial charge is 0.385 e. The fourth-order valence-electron chi connectivity index (χ4n) is 2.24. The van der Waals surface area contributed by atoms with Gasteiger partial charge in [-0.3, -0.25) is 0 Å². The van der Waals surface area contributed by atoms with Gasteiger partial charge in [0.2, 0.25) is 0 Å². The van der Waals surface area contributed by atoms with Crippen LogP contribution in [0.4, 0.5) is 13.2 Å². The second-order valence-corrected chi connectivity index (χ2v) is 4.78. The normalized spacial score (nSPS) is 14.1. The molecular formula is C16H15F3O. The zero-order valence-corrected chi connectivity index (χ0v) is 11.0. The fraction of sp³-hybridized carbons (Fsp3) is 0.250. The van der Waals surface area contributed by atoms with Crippen LogP contribution in [-0.4, -0.2) is 5.11 Å². The molecule has 1 nitrogen and oxygen atoms in total. The number of rotatable bonds is 4.